The minimum atomic E-state index is -0.450. The van der Waals surface area contributed by atoms with E-state index in [0.29, 0.717) is 25.6 Å². The van der Waals surface area contributed by atoms with Gasteiger partial charge in [-0.3, -0.25) is 0 Å². The third-order valence-corrected chi connectivity index (χ3v) is 4.53. The molecule has 0 aliphatic rings. The first-order valence-corrected chi connectivity index (χ1v) is 11.3. The van der Waals surface area contributed by atoms with Crippen molar-refractivity contribution in [2.45, 2.75) is 39.0 Å². The molecule has 0 spiro atoms. The van der Waals surface area contributed by atoms with Gasteiger partial charge in [0, 0.05) is 12.2 Å². The van der Waals surface area contributed by atoms with E-state index < -0.39 is 5.97 Å². The summed E-state index contributed by atoms with van der Waals surface area (Å²) in [5, 5.41) is 0. The van der Waals surface area contributed by atoms with Gasteiger partial charge in [0.05, 0.1) is 19.8 Å². The molecular formula is C27H32O6. The number of ether oxygens (including phenoxy) is 4. The fraction of sp³-hybridized carbons (Fsp3) is 0.333. The van der Waals surface area contributed by atoms with Crippen LogP contribution in [-0.2, 0) is 14.3 Å². The molecule has 176 valence electrons. The molecule has 2 aromatic carbocycles. The predicted molar refractivity (Wildman–Crippen MR) is 128 cm³/mol. The largest absolute Gasteiger partial charge is 0.494 e. The average molecular weight is 453 g/mol. The summed E-state index contributed by atoms with van der Waals surface area (Å²) in [7, 11) is 0. The Bertz CT molecular complexity index is 884. The van der Waals surface area contributed by atoms with Crippen molar-refractivity contribution in [2.24, 2.45) is 0 Å². The Morgan fingerprint density at radius 1 is 0.758 bits per heavy atom. The lowest BCUT2D eigenvalue weighted by Crippen LogP contribution is -2.04. The number of carbonyl (C=O) groups excluding carboxylic acids is 2. The quantitative estimate of drug-likeness (QED) is 0.148. The van der Waals surface area contributed by atoms with Crippen molar-refractivity contribution in [3.8, 4) is 17.2 Å². The molecule has 0 radical (unpaired) electrons. The first-order valence-electron chi connectivity index (χ1n) is 11.3. The van der Waals surface area contributed by atoms with Crippen LogP contribution in [0.1, 0.15) is 44.6 Å². The highest BCUT2D eigenvalue weighted by Crippen LogP contribution is 2.19. The molecule has 6 nitrogen and oxygen atoms in total. The van der Waals surface area contributed by atoms with Crippen LogP contribution in [0.5, 0.6) is 17.2 Å². The summed E-state index contributed by atoms with van der Waals surface area (Å²) < 4.78 is 21.5. The zero-order valence-electron chi connectivity index (χ0n) is 19.2. The average Bonchev–Trinajstić information content (AvgIpc) is 2.84. The third-order valence-electron chi connectivity index (χ3n) is 4.53. The fourth-order valence-corrected chi connectivity index (χ4v) is 2.79. The van der Waals surface area contributed by atoms with E-state index in [4.69, 9.17) is 18.9 Å². The predicted octanol–water partition coefficient (Wildman–Crippen LogP) is 5.76. The summed E-state index contributed by atoms with van der Waals surface area (Å²) in [4.78, 5) is 23.0. The fourth-order valence-electron chi connectivity index (χ4n) is 2.79. The van der Waals surface area contributed by atoms with Crippen molar-refractivity contribution in [3.05, 3.63) is 72.8 Å². The Labute approximate surface area is 195 Å². The molecule has 0 fully saturated rings. The molecule has 0 atom stereocenters. The minimum absolute atomic E-state index is 0.383. The van der Waals surface area contributed by atoms with Crippen LogP contribution in [-0.4, -0.2) is 31.8 Å². The number of hydrogen-bond donors (Lipinski definition) is 0. The second-order valence-electron chi connectivity index (χ2n) is 7.28. The van der Waals surface area contributed by atoms with Crippen LogP contribution < -0.4 is 14.2 Å². The Morgan fingerprint density at radius 2 is 1.33 bits per heavy atom. The Balaban J connectivity index is 1.64. The lowest BCUT2D eigenvalue weighted by molar-refractivity contribution is -0.137. The minimum Gasteiger partial charge on any atom is -0.494 e. The summed E-state index contributed by atoms with van der Waals surface area (Å²) in [6.07, 6.45) is 8.90. The summed E-state index contributed by atoms with van der Waals surface area (Å²) in [5.41, 5.74) is 0.886. The van der Waals surface area contributed by atoms with Crippen molar-refractivity contribution in [1.29, 1.82) is 0 Å². The highest BCUT2D eigenvalue weighted by Gasteiger charge is 2.02. The van der Waals surface area contributed by atoms with Crippen LogP contribution in [0.25, 0.3) is 6.08 Å². The number of rotatable bonds is 15. The summed E-state index contributed by atoms with van der Waals surface area (Å²) in [5.74, 6) is 1.15. The van der Waals surface area contributed by atoms with E-state index in [2.05, 4.69) is 13.5 Å². The molecule has 0 amide bonds. The van der Waals surface area contributed by atoms with E-state index in [1.165, 1.54) is 12.2 Å². The summed E-state index contributed by atoms with van der Waals surface area (Å²) in [6, 6.07) is 14.5. The lowest BCUT2D eigenvalue weighted by atomic mass is 10.2. The van der Waals surface area contributed by atoms with E-state index in [0.717, 1.165) is 49.2 Å². The second-order valence-corrected chi connectivity index (χ2v) is 7.28. The van der Waals surface area contributed by atoms with E-state index in [1.54, 1.807) is 30.3 Å². The molecule has 33 heavy (non-hydrogen) atoms. The van der Waals surface area contributed by atoms with Crippen molar-refractivity contribution in [2.75, 3.05) is 19.8 Å². The molecule has 0 saturated heterocycles. The third kappa shape index (κ3) is 11.1. The molecule has 0 saturated carbocycles. The molecule has 0 aliphatic heterocycles. The van der Waals surface area contributed by atoms with Crippen molar-refractivity contribution >= 4 is 18.0 Å². The molecule has 2 aromatic rings. The van der Waals surface area contributed by atoms with Crippen LogP contribution in [0.15, 0.2) is 67.3 Å². The van der Waals surface area contributed by atoms with Gasteiger partial charge in [-0.15, -0.1) is 0 Å². The van der Waals surface area contributed by atoms with Crippen LogP contribution in [0.4, 0.5) is 0 Å². The SMILES string of the molecule is C=CC(=O)OCCCCCCOc1ccc(OC(=O)/C=C/c2ccc(OCCC)cc2)cc1. The highest BCUT2D eigenvalue weighted by molar-refractivity contribution is 5.88. The van der Waals surface area contributed by atoms with Gasteiger partial charge in [-0.05, 0) is 80.1 Å². The molecule has 2 rings (SSSR count). The molecule has 0 aromatic heterocycles. The van der Waals surface area contributed by atoms with E-state index in [-0.39, 0.29) is 5.97 Å². The van der Waals surface area contributed by atoms with Gasteiger partial charge in [-0.25, -0.2) is 9.59 Å². The lowest BCUT2D eigenvalue weighted by Gasteiger charge is -2.07. The highest BCUT2D eigenvalue weighted by atomic mass is 16.5. The van der Waals surface area contributed by atoms with E-state index in [9.17, 15) is 9.59 Å². The summed E-state index contributed by atoms with van der Waals surface area (Å²) in [6.45, 7) is 7.11. The zero-order chi connectivity index (χ0) is 23.7. The molecule has 0 heterocycles. The monoisotopic (exact) mass is 452 g/mol. The van der Waals surface area contributed by atoms with Gasteiger partial charge < -0.3 is 18.9 Å². The van der Waals surface area contributed by atoms with Gasteiger partial charge in [0.25, 0.3) is 0 Å². The second kappa shape index (κ2) is 15.3. The maximum absolute atomic E-state index is 12.1. The van der Waals surface area contributed by atoms with Crippen molar-refractivity contribution in [3.63, 3.8) is 0 Å². The first kappa shape index (κ1) is 25.7. The Morgan fingerprint density at radius 3 is 1.97 bits per heavy atom. The van der Waals surface area contributed by atoms with E-state index in [1.807, 2.05) is 24.3 Å². The van der Waals surface area contributed by atoms with Gasteiger partial charge in [-0.1, -0.05) is 25.6 Å². The van der Waals surface area contributed by atoms with Crippen molar-refractivity contribution in [1.82, 2.24) is 0 Å². The van der Waals surface area contributed by atoms with Crippen LogP contribution in [0.3, 0.4) is 0 Å². The van der Waals surface area contributed by atoms with Gasteiger partial charge in [0.1, 0.15) is 17.2 Å². The summed E-state index contributed by atoms with van der Waals surface area (Å²) >= 11 is 0. The maximum Gasteiger partial charge on any atom is 0.336 e. The molecular weight excluding hydrogens is 420 g/mol. The van der Waals surface area contributed by atoms with Crippen LogP contribution >= 0.6 is 0 Å². The smallest absolute Gasteiger partial charge is 0.336 e. The van der Waals surface area contributed by atoms with Gasteiger partial charge >= 0.3 is 11.9 Å². The van der Waals surface area contributed by atoms with Gasteiger partial charge in [0.2, 0.25) is 0 Å². The van der Waals surface area contributed by atoms with Crippen LogP contribution in [0, 0.1) is 0 Å². The number of unbranched alkanes of at least 4 members (excludes halogenated alkanes) is 3. The van der Waals surface area contributed by atoms with E-state index >= 15 is 0 Å². The normalized spacial score (nSPS) is 10.6. The number of esters is 2. The van der Waals surface area contributed by atoms with Gasteiger partial charge in [-0.2, -0.15) is 0 Å². The Kier molecular flexibility index (Phi) is 11.9. The maximum atomic E-state index is 12.1. The topological polar surface area (TPSA) is 71.1 Å². The molecule has 6 heteroatoms. The van der Waals surface area contributed by atoms with Gasteiger partial charge in [0.15, 0.2) is 0 Å². The van der Waals surface area contributed by atoms with Crippen LogP contribution in [0.2, 0.25) is 0 Å². The standard InChI is InChI=1S/C27H32O6/c1-3-19-30-23-12-9-22(10-13-23)11-18-27(29)33-25-16-14-24(15-17-25)31-20-7-5-6-8-21-32-26(28)4-2/h4,9-18H,2-3,5-8,19-21H2,1H3/b18-11+. The Hall–Kier alpha value is -3.54. The van der Waals surface area contributed by atoms with Crippen molar-refractivity contribution < 1.29 is 28.5 Å². The molecule has 0 bridgehead atoms. The number of hydrogen-bond acceptors (Lipinski definition) is 6. The zero-order valence-corrected chi connectivity index (χ0v) is 19.2. The first-order chi connectivity index (χ1) is 16.1. The molecule has 0 unspecified atom stereocenters. The molecule has 0 aliphatic carbocycles. The number of carbonyl (C=O) groups is 2. The molecule has 0 N–H and O–H groups in total. The number of benzene rings is 2.